The normalized spacial score (nSPS) is 10.4. The summed E-state index contributed by atoms with van der Waals surface area (Å²) < 4.78 is 7.07. The number of aromatic nitrogens is 2. The van der Waals surface area contributed by atoms with Gasteiger partial charge < -0.3 is 10.5 Å². The van der Waals surface area contributed by atoms with Crippen molar-refractivity contribution in [3.63, 3.8) is 0 Å². The summed E-state index contributed by atoms with van der Waals surface area (Å²) in [5.74, 6) is 1.37. The van der Waals surface area contributed by atoms with Crippen molar-refractivity contribution < 1.29 is 4.74 Å². The molecule has 4 heteroatoms. The molecule has 0 aliphatic heterocycles. The van der Waals surface area contributed by atoms with Crippen LogP contribution in [0.3, 0.4) is 0 Å². The molecule has 2 rings (SSSR count). The standard InChI is InChI=1S/C12H15N3O/c1-3-15-11(8-12(13)14-15)9-5-4-6-10(7-9)16-2/h4-8H,3H2,1-2H3,(H2,13,14). The van der Waals surface area contributed by atoms with Gasteiger partial charge in [-0.3, -0.25) is 4.68 Å². The number of anilines is 1. The highest BCUT2D eigenvalue weighted by atomic mass is 16.5. The molecule has 0 aliphatic rings. The van der Waals surface area contributed by atoms with Gasteiger partial charge in [-0.05, 0) is 19.1 Å². The molecular weight excluding hydrogens is 202 g/mol. The predicted molar refractivity (Wildman–Crippen MR) is 64.3 cm³/mol. The third-order valence-electron chi connectivity index (χ3n) is 2.46. The molecule has 0 saturated carbocycles. The molecule has 0 fully saturated rings. The van der Waals surface area contributed by atoms with E-state index < -0.39 is 0 Å². The van der Waals surface area contributed by atoms with Crippen molar-refractivity contribution in [1.29, 1.82) is 0 Å². The second kappa shape index (κ2) is 4.26. The largest absolute Gasteiger partial charge is 0.497 e. The summed E-state index contributed by atoms with van der Waals surface area (Å²) in [5, 5.41) is 4.21. The van der Waals surface area contributed by atoms with Gasteiger partial charge in [0.2, 0.25) is 0 Å². The van der Waals surface area contributed by atoms with Gasteiger partial charge in [0.15, 0.2) is 0 Å². The van der Waals surface area contributed by atoms with Crippen molar-refractivity contribution in [2.45, 2.75) is 13.5 Å². The molecule has 4 nitrogen and oxygen atoms in total. The van der Waals surface area contributed by atoms with Gasteiger partial charge in [-0.15, -0.1) is 0 Å². The minimum atomic E-state index is 0.541. The number of aryl methyl sites for hydroxylation is 1. The monoisotopic (exact) mass is 217 g/mol. The number of hydrogen-bond acceptors (Lipinski definition) is 3. The van der Waals surface area contributed by atoms with E-state index in [4.69, 9.17) is 10.5 Å². The summed E-state index contributed by atoms with van der Waals surface area (Å²) in [7, 11) is 1.66. The zero-order valence-corrected chi connectivity index (χ0v) is 9.47. The average molecular weight is 217 g/mol. The zero-order chi connectivity index (χ0) is 11.5. The Balaban J connectivity index is 2.48. The van der Waals surface area contributed by atoms with Crippen LogP contribution in [-0.2, 0) is 6.54 Å². The van der Waals surface area contributed by atoms with E-state index in [-0.39, 0.29) is 0 Å². The summed E-state index contributed by atoms with van der Waals surface area (Å²) in [5.41, 5.74) is 7.77. The highest BCUT2D eigenvalue weighted by molar-refractivity contribution is 5.64. The van der Waals surface area contributed by atoms with Crippen molar-refractivity contribution >= 4 is 5.82 Å². The highest BCUT2D eigenvalue weighted by Gasteiger charge is 2.07. The van der Waals surface area contributed by atoms with Crippen molar-refractivity contribution in [3.8, 4) is 17.0 Å². The number of nitrogen functional groups attached to an aromatic ring is 1. The molecule has 0 amide bonds. The number of hydrogen-bond donors (Lipinski definition) is 1. The summed E-state index contributed by atoms with van der Waals surface area (Å²) in [6.07, 6.45) is 0. The number of ether oxygens (including phenoxy) is 1. The fourth-order valence-electron chi connectivity index (χ4n) is 1.69. The second-order valence-electron chi connectivity index (χ2n) is 3.50. The maximum atomic E-state index is 5.70. The van der Waals surface area contributed by atoms with E-state index in [9.17, 15) is 0 Å². The van der Waals surface area contributed by atoms with E-state index in [1.165, 1.54) is 0 Å². The fourth-order valence-corrected chi connectivity index (χ4v) is 1.69. The predicted octanol–water partition coefficient (Wildman–Crippen LogP) is 2.16. The lowest BCUT2D eigenvalue weighted by atomic mass is 10.1. The highest BCUT2D eigenvalue weighted by Crippen LogP contribution is 2.25. The maximum absolute atomic E-state index is 5.70. The van der Waals surface area contributed by atoms with E-state index in [0.29, 0.717) is 5.82 Å². The minimum absolute atomic E-state index is 0.541. The summed E-state index contributed by atoms with van der Waals surface area (Å²) in [6, 6.07) is 9.74. The van der Waals surface area contributed by atoms with Crippen molar-refractivity contribution in [3.05, 3.63) is 30.3 Å². The van der Waals surface area contributed by atoms with Gasteiger partial charge in [0.1, 0.15) is 11.6 Å². The first-order valence-electron chi connectivity index (χ1n) is 5.22. The minimum Gasteiger partial charge on any atom is -0.497 e. The molecule has 0 aliphatic carbocycles. The lowest BCUT2D eigenvalue weighted by Gasteiger charge is -2.06. The lowest BCUT2D eigenvalue weighted by Crippen LogP contribution is -1.99. The smallest absolute Gasteiger partial charge is 0.146 e. The topological polar surface area (TPSA) is 53.1 Å². The molecule has 16 heavy (non-hydrogen) atoms. The van der Waals surface area contributed by atoms with Crippen LogP contribution in [0.1, 0.15) is 6.92 Å². The second-order valence-corrected chi connectivity index (χ2v) is 3.50. The Bertz CT molecular complexity index is 491. The van der Waals surface area contributed by atoms with Gasteiger partial charge in [-0.2, -0.15) is 5.10 Å². The molecule has 84 valence electrons. The molecular formula is C12H15N3O. The van der Waals surface area contributed by atoms with E-state index in [1.807, 2.05) is 41.9 Å². The summed E-state index contributed by atoms with van der Waals surface area (Å²) in [4.78, 5) is 0. The number of benzene rings is 1. The molecule has 0 unspecified atom stereocenters. The number of rotatable bonds is 3. The summed E-state index contributed by atoms with van der Waals surface area (Å²) >= 11 is 0. The molecule has 0 radical (unpaired) electrons. The molecule has 1 heterocycles. The van der Waals surface area contributed by atoms with Gasteiger partial charge >= 0.3 is 0 Å². The first kappa shape index (κ1) is 10.5. The summed E-state index contributed by atoms with van der Waals surface area (Å²) in [6.45, 7) is 2.83. The Morgan fingerprint density at radius 3 is 2.88 bits per heavy atom. The van der Waals surface area contributed by atoms with E-state index in [1.54, 1.807) is 7.11 Å². The first-order valence-corrected chi connectivity index (χ1v) is 5.22. The number of methoxy groups -OCH3 is 1. The van der Waals surface area contributed by atoms with Gasteiger partial charge in [0.25, 0.3) is 0 Å². The molecule has 0 spiro atoms. The SMILES string of the molecule is CCn1nc(N)cc1-c1cccc(OC)c1. The van der Waals surface area contributed by atoms with Gasteiger partial charge in [-0.1, -0.05) is 12.1 Å². The fraction of sp³-hybridized carbons (Fsp3) is 0.250. The quantitative estimate of drug-likeness (QED) is 0.857. The van der Waals surface area contributed by atoms with E-state index in [2.05, 4.69) is 5.10 Å². The van der Waals surface area contributed by atoms with Crippen LogP contribution < -0.4 is 10.5 Å². The van der Waals surface area contributed by atoms with E-state index >= 15 is 0 Å². The number of nitrogens with zero attached hydrogens (tertiary/aromatic N) is 2. The van der Waals surface area contributed by atoms with Crippen LogP contribution in [0.15, 0.2) is 30.3 Å². The van der Waals surface area contributed by atoms with Crippen molar-refractivity contribution in [2.75, 3.05) is 12.8 Å². The molecule has 0 bridgehead atoms. The Kier molecular flexibility index (Phi) is 2.81. The van der Waals surface area contributed by atoms with Crippen LogP contribution in [0.2, 0.25) is 0 Å². The Morgan fingerprint density at radius 1 is 1.38 bits per heavy atom. The maximum Gasteiger partial charge on any atom is 0.146 e. The lowest BCUT2D eigenvalue weighted by molar-refractivity contribution is 0.415. The Hall–Kier alpha value is -1.97. The Labute approximate surface area is 94.6 Å². The van der Waals surface area contributed by atoms with Crippen LogP contribution in [-0.4, -0.2) is 16.9 Å². The van der Waals surface area contributed by atoms with Gasteiger partial charge in [0.05, 0.1) is 12.8 Å². The number of nitrogens with two attached hydrogens (primary N) is 1. The molecule has 0 atom stereocenters. The Morgan fingerprint density at radius 2 is 2.19 bits per heavy atom. The molecule has 2 aromatic rings. The van der Waals surface area contributed by atoms with Crippen molar-refractivity contribution in [2.24, 2.45) is 0 Å². The first-order chi connectivity index (χ1) is 7.74. The average Bonchev–Trinajstić information content (AvgIpc) is 2.70. The zero-order valence-electron chi connectivity index (χ0n) is 9.47. The van der Waals surface area contributed by atoms with Crippen molar-refractivity contribution in [1.82, 2.24) is 9.78 Å². The molecule has 0 saturated heterocycles. The van der Waals surface area contributed by atoms with Crippen LogP contribution in [0.25, 0.3) is 11.3 Å². The van der Waals surface area contributed by atoms with Crippen LogP contribution in [0, 0.1) is 0 Å². The third kappa shape index (κ3) is 1.86. The van der Waals surface area contributed by atoms with Gasteiger partial charge in [-0.25, -0.2) is 0 Å². The molecule has 2 N–H and O–H groups in total. The molecule has 1 aromatic heterocycles. The molecule has 1 aromatic carbocycles. The third-order valence-corrected chi connectivity index (χ3v) is 2.46. The van der Waals surface area contributed by atoms with Crippen LogP contribution >= 0.6 is 0 Å². The van der Waals surface area contributed by atoms with E-state index in [0.717, 1.165) is 23.6 Å². The van der Waals surface area contributed by atoms with Gasteiger partial charge in [0, 0.05) is 18.2 Å². The van der Waals surface area contributed by atoms with Crippen LogP contribution in [0.4, 0.5) is 5.82 Å². The van der Waals surface area contributed by atoms with Crippen LogP contribution in [0.5, 0.6) is 5.75 Å².